The standard InChI is InChI=1S/C24H21N3O/c28-24-22(19-10-4-5-11-21(19)27-24)23(16-7-2-1-3-8-16)26-18-12-13-20-17(15-18)9-6-14-25-20/h1-5,7-8,10-13,15,25-26H,6,9,14H2,(H,27,28)/b23-22-. The maximum atomic E-state index is 12.8. The first-order valence-electron chi connectivity index (χ1n) is 9.64. The van der Waals surface area contributed by atoms with E-state index in [0.717, 1.165) is 47.6 Å². The number of amides is 1. The van der Waals surface area contributed by atoms with E-state index in [-0.39, 0.29) is 5.91 Å². The fraction of sp³-hybridized carbons (Fsp3) is 0.125. The van der Waals surface area contributed by atoms with Gasteiger partial charge in [-0.05, 0) is 48.2 Å². The quantitative estimate of drug-likeness (QED) is 0.573. The number of anilines is 3. The smallest absolute Gasteiger partial charge is 0.258 e. The van der Waals surface area contributed by atoms with Crippen molar-refractivity contribution in [2.75, 3.05) is 22.5 Å². The Morgan fingerprint density at radius 3 is 2.61 bits per heavy atom. The lowest BCUT2D eigenvalue weighted by Crippen LogP contribution is -2.13. The lowest BCUT2D eigenvalue weighted by Gasteiger charge is -2.20. The van der Waals surface area contributed by atoms with Gasteiger partial charge in [-0.25, -0.2) is 0 Å². The highest BCUT2D eigenvalue weighted by Gasteiger charge is 2.28. The number of carbonyl (C=O) groups is 1. The van der Waals surface area contributed by atoms with Crippen LogP contribution in [-0.2, 0) is 11.2 Å². The van der Waals surface area contributed by atoms with Crippen LogP contribution in [0, 0.1) is 0 Å². The second kappa shape index (κ2) is 6.89. The average Bonchev–Trinajstić information content (AvgIpc) is 3.08. The van der Waals surface area contributed by atoms with Crippen LogP contribution >= 0.6 is 0 Å². The summed E-state index contributed by atoms with van der Waals surface area (Å²) in [6.07, 6.45) is 2.21. The summed E-state index contributed by atoms with van der Waals surface area (Å²) in [5.74, 6) is -0.0767. The van der Waals surface area contributed by atoms with Crippen LogP contribution in [0.15, 0.2) is 72.8 Å². The number of hydrogen-bond acceptors (Lipinski definition) is 3. The molecule has 4 heteroatoms. The first-order chi connectivity index (χ1) is 13.8. The van der Waals surface area contributed by atoms with Gasteiger partial charge in [0.15, 0.2) is 0 Å². The van der Waals surface area contributed by atoms with E-state index in [1.807, 2.05) is 54.6 Å². The maximum Gasteiger partial charge on any atom is 0.258 e. The molecule has 0 bridgehead atoms. The van der Waals surface area contributed by atoms with Crippen molar-refractivity contribution in [3.63, 3.8) is 0 Å². The topological polar surface area (TPSA) is 53.2 Å². The third-order valence-corrected chi connectivity index (χ3v) is 5.30. The molecular weight excluding hydrogens is 346 g/mol. The first kappa shape index (κ1) is 16.6. The van der Waals surface area contributed by atoms with Crippen molar-refractivity contribution in [3.05, 3.63) is 89.5 Å². The molecule has 0 aromatic heterocycles. The zero-order valence-corrected chi connectivity index (χ0v) is 15.5. The van der Waals surface area contributed by atoms with Crippen molar-refractivity contribution in [1.29, 1.82) is 0 Å². The number of para-hydroxylation sites is 1. The summed E-state index contributed by atoms with van der Waals surface area (Å²) in [6, 6.07) is 24.2. The zero-order chi connectivity index (χ0) is 18.9. The van der Waals surface area contributed by atoms with Crippen LogP contribution in [0.4, 0.5) is 17.1 Å². The normalized spacial score (nSPS) is 16.5. The third-order valence-electron chi connectivity index (χ3n) is 5.30. The zero-order valence-electron chi connectivity index (χ0n) is 15.5. The lowest BCUT2D eigenvalue weighted by atomic mass is 9.99. The van der Waals surface area contributed by atoms with Gasteiger partial charge in [-0.15, -0.1) is 0 Å². The molecule has 2 heterocycles. The van der Waals surface area contributed by atoms with Gasteiger partial charge in [0, 0.05) is 29.2 Å². The molecule has 3 N–H and O–H groups in total. The van der Waals surface area contributed by atoms with E-state index in [1.165, 1.54) is 11.3 Å². The van der Waals surface area contributed by atoms with Crippen molar-refractivity contribution in [2.45, 2.75) is 12.8 Å². The van der Waals surface area contributed by atoms with Gasteiger partial charge in [0.25, 0.3) is 5.91 Å². The summed E-state index contributed by atoms with van der Waals surface area (Å²) >= 11 is 0. The summed E-state index contributed by atoms with van der Waals surface area (Å²) in [4.78, 5) is 12.8. The molecule has 3 aromatic rings. The molecule has 0 aliphatic carbocycles. The lowest BCUT2D eigenvalue weighted by molar-refractivity contribution is -0.110. The van der Waals surface area contributed by atoms with Gasteiger partial charge in [-0.1, -0.05) is 48.5 Å². The average molecular weight is 367 g/mol. The third kappa shape index (κ3) is 2.93. The van der Waals surface area contributed by atoms with Gasteiger partial charge in [-0.3, -0.25) is 4.79 Å². The Hall–Kier alpha value is -3.53. The van der Waals surface area contributed by atoms with E-state index in [4.69, 9.17) is 0 Å². The maximum absolute atomic E-state index is 12.8. The number of aryl methyl sites for hydroxylation is 1. The minimum Gasteiger partial charge on any atom is -0.385 e. The van der Waals surface area contributed by atoms with Crippen molar-refractivity contribution in [3.8, 4) is 0 Å². The molecule has 28 heavy (non-hydrogen) atoms. The van der Waals surface area contributed by atoms with Crippen LogP contribution in [0.2, 0.25) is 0 Å². The molecule has 0 saturated carbocycles. The number of hydrogen-bond donors (Lipinski definition) is 3. The summed E-state index contributed by atoms with van der Waals surface area (Å²) in [7, 11) is 0. The van der Waals surface area contributed by atoms with Crippen molar-refractivity contribution in [1.82, 2.24) is 0 Å². The highest BCUT2D eigenvalue weighted by molar-refractivity contribution is 6.37. The highest BCUT2D eigenvalue weighted by atomic mass is 16.2. The molecule has 0 spiro atoms. The first-order valence-corrected chi connectivity index (χ1v) is 9.64. The van der Waals surface area contributed by atoms with Crippen LogP contribution in [0.5, 0.6) is 0 Å². The Balaban J connectivity index is 1.64. The minimum absolute atomic E-state index is 0.0767. The van der Waals surface area contributed by atoms with Gasteiger partial charge in [0.2, 0.25) is 0 Å². The molecule has 2 aliphatic heterocycles. The monoisotopic (exact) mass is 367 g/mol. The molecule has 1 amide bonds. The summed E-state index contributed by atoms with van der Waals surface area (Å²) in [5.41, 5.74) is 7.78. The fourth-order valence-corrected chi connectivity index (χ4v) is 3.95. The van der Waals surface area contributed by atoms with Crippen molar-refractivity contribution >= 4 is 34.2 Å². The Kier molecular flexibility index (Phi) is 4.09. The van der Waals surface area contributed by atoms with Gasteiger partial charge in [0.1, 0.15) is 0 Å². The molecule has 3 aromatic carbocycles. The molecule has 0 unspecified atom stereocenters. The molecule has 4 nitrogen and oxygen atoms in total. The Morgan fingerprint density at radius 1 is 0.893 bits per heavy atom. The van der Waals surface area contributed by atoms with Gasteiger partial charge < -0.3 is 16.0 Å². The number of nitrogens with one attached hydrogen (secondary N) is 3. The summed E-state index contributed by atoms with van der Waals surface area (Å²) in [5, 5.41) is 9.98. The predicted octanol–water partition coefficient (Wildman–Crippen LogP) is 4.98. The SMILES string of the molecule is O=C1Nc2ccccc2/C1=C(/Nc1ccc2c(c1)CCCN2)c1ccccc1. The van der Waals surface area contributed by atoms with Gasteiger partial charge in [-0.2, -0.15) is 0 Å². The number of carbonyl (C=O) groups excluding carboxylic acids is 1. The molecule has 0 radical (unpaired) electrons. The Labute approximate surface area is 164 Å². The van der Waals surface area contributed by atoms with Gasteiger partial charge in [0.05, 0.1) is 11.3 Å². The second-order valence-electron chi connectivity index (χ2n) is 7.14. The molecule has 5 rings (SSSR count). The van der Waals surface area contributed by atoms with E-state index < -0.39 is 0 Å². The molecule has 0 saturated heterocycles. The molecule has 2 aliphatic rings. The van der Waals surface area contributed by atoms with E-state index in [2.05, 4.69) is 34.1 Å². The summed E-state index contributed by atoms with van der Waals surface area (Å²) < 4.78 is 0. The van der Waals surface area contributed by atoms with Gasteiger partial charge >= 0.3 is 0 Å². The van der Waals surface area contributed by atoms with E-state index in [9.17, 15) is 4.79 Å². The van der Waals surface area contributed by atoms with E-state index in [0.29, 0.717) is 5.57 Å². The number of rotatable bonds is 3. The van der Waals surface area contributed by atoms with Crippen LogP contribution in [0.1, 0.15) is 23.1 Å². The Morgan fingerprint density at radius 2 is 1.71 bits per heavy atom. The van der Waals surface area contributed by atoms with E-state index >= 15 is 0 Å². The Bertz CT molecular complexity index is 1090. The summed E-state index contributed by atoms with van der Waals surface area (Å²) in [6.45, 7) is 1.02. The van der Waals surface area contributed by atoms with E-state index in [1.54, 1.807) is 0 Å². The van der Waals surface area contributed by atoms with Crippen LogP contribution in [-0.4, -0.2) is 12.5 Å². The second-order valence-corrected chi connectivity index (χ2v) is 7.14. The van der Waals surface area contributed by atoms with Crippen molar-refractivity contribution in [2.24, 2.45) is 0 Å². The minimum atomic E-state index is -0.0767. The molecule has 138 valence electrons. The highest BCUT2D eigenvalue weighted by Crippen LogP contribution is 2.37. The predicted molar refractivity (Wildman–Crippen MR) is 115 cm³/mol. The molecule has 0 atom stereocenters. The number of fused-ring (bicyclic) bond motifs is 2. The molecule has 0 fully saturated rings. The van der Waals surface area contributed by atoms with Crippen molar-refractivity contribution < 1.29 is 4.79 Å². The largest absolute Gasteiger partial charge is 0.385 e. The fourth-order valence-electron chi connectivity index (χ4n) is 3.95. The van der Waals surface area contributed by atoms with Crippen LogP contribution in [0.3, 0.4) is 0 Å². The molecular formula is C24H21N3O. The van der Waals surface area contributed by atoms with Crippen LogP contribution < -0.4 is 16.0 Å². The van der Waals surface area contributed by atoms with Crippen LogP contribution in [0.25, 0.3) is 11.3 Å². The number of benzene rings is 3.